The number of piperazine rings is 1. The topological polar surface area (TPSA) is 78.5 Å². The largest absolute Gasteiger partial charge is 0.336 e. The Kier molecular flexibility index (Phi) is 6.61. The van der Waals surface area contributed by atoms with E-state index in [4.69, 9.17) is 0 Å². The average Bonchev–Trinajstić information content (AvgIpc) is 2.92. The summed E-state index contributed by atoms with van der Waals surface area (Å²) in [7, 11) is -3.61. The molecule has 1 aliphatic heterocycles. The highest BCUT2D eigenvalue weighted by Gasteiger charge is 2.29. The van der Waals surface area contributed by atoms with E-state index in [1.165, 1.54) is 6.07 Å². The van der Waals surface area contributed by atoms with Gasteiger partial charge < -0.3 is 10.2 Å². The summed E-state index contributed by atoms with van der Waals surface area (Å²) < 4.78 is 26.9. The number of rotatable bonds is 4. The van der Waals surface area contributed by atoms with Crippen molar-refractivity contribution in [2.75, 3.05) is 19.6 Å². The summed E-state index contributed by atoms with van der Waals surface area (Å²) in [6, 6.07) is 2.51. The number of hydrogen-bond donors (Lipinski definition) is 2. The van der Waals surface area contributed by atoms with Crippen molar-refractivity contribution < 1.29 is 13.2 Å². The molecule has 0 radical (unpaired) electrons. The second-order valence-corrected chi connectivity index (χ2v) is 7.75. The monoisotopic (exact) mass is 353 g/mol. The van der Waals surface area contributed by atoms with Crippen molar-refractivity contribution in [3.63, 3.8) is 0 Å². The summed E-state index contributed by atoms with van der Waals surface area (Å²) >= 11 is 1.13. The van der Waals surface area contributed by atoms with Crippen LogP contribution in [0.4, 0.5) is 0 Å². The second kappa shape index (κ2) is 7.55. The lowest BCUT2D eigenvalue weighted by Gasteiger charge is -2.35. The maximum Gasteiger partial charge on any atom is 0.250 e. The van der Waals surface area contributed by atoms with Gasteiger partial charge >= 0.3 is 0 Å². The third-order valence-corrected chi connectivity index (χ3v) is 6.18. The summed E-state index contributed by atoms with van der Waals surface area (Å²) in [5, 5.41) is 4.89. The number of nitrogens with zero attached hydrogens (tertiary/aromatic N) is 1. The van der Waals surface area contributed by atoms with Gasteiger partial charge in [0.25, 0.3) is 10.0 Å². The number of halogens is 1. The molecule has 0 saturated carbocycles. The molecular formula is C12H20ClN3O3S2. The molecule has 0 spiro atoms. The van der Waals surface area contributed by atoms with Gasteiger partial charge in [0, 0.05) is 25.7 Å². The molecule has 1 amide bonds. The number of amides is 1. The molecule has 6 nitrogen and oxygen atoms in total. The Bertz CT molecular complexity index is 562. The molecule has 2 N–H and O–H groups in total. The predicted octanol–water partition coefficient (Wildman–Crippen LogP) is 0.657. The first-order valence-electron chi connectivity index (χ1n) is 6.49. The molecule has 2 atom stereocenters. The van der Waals surface area contributed by atoms with Crippen LogP contribution in [-0.4, -0.2) is 50.9 Å². The number of thiophene rings is 1. The fourth-order valence-electron chi connectivity index (χ4n) is 2.17. The van der Waals surface area contributed by atoms with Crippen LogP contribution in [0.25, 0.3) is 0 Å². The standard InChI is InChI=1S/C12H19N3O3S2.ClH/c1-9-8-13-5-6-15(9)12(16)10(2)14-20(17,18)11-4-3-7-19-11;/h3-4,7,9-10,13-14H,5-6,8H2,1-2H3;1H/t9-,10?;/m0./s1. The summed E-state index contributed by atoms with van der Waals surface area (Å²) in [4.78, 5) is 14.1. The van der Waals surface area contributed by atoms with E-state index < -0.39 is 16.1 Å². The van der Waals surface area contributed by atoms with Crippen LogP contribution in [0.5, 0.6) is 0 Å². The Balaban J connectivity index is 0.00000220. The highest BCUT2D eigenvalue weighted by Crippen LogP contribution is 2.16. The zero-order chi connectivity index (χ0) is 14.8. The Morgan fingerprint density at radius 2 is 2.29 bits per heavy atom. The fraction of sp³-hybridized carbons (Fsp3) is 0.583. The van der Waals surface area contributed by atoms with Crippen LogP contribution in [0.15, 0.2) is 21.7 Å². The molecule has 120 valence electrons. The Hall–Kier alpha value is -0.670. The first kappa shape index (κ1) is 18.4. The van der Waals surface area contributed by atoms with Gasteiger partial charge in [-0.15, -0.1) is 23.7 Å². The third-order valence-electron chi connectivity index (χ3n) is 3.25. The molecule has 1 aromatic rings. The van der Waals surface area contributed by atoms with Gasteiger partial charge in [0.05, 0.1) is 6.04 Å². The molecular weight excluding hydrogens is 334 g/mol. The van der Waals surface area contributed by atoms with Crippen molar-refractivity contribution in [1.29, 1.82) is 0 Å². The van der Waals surface area contributed by atoms with E-state index in [0.29, 0.717) is 6.54 Å². The molecule has 1 fully saturated rings. The lowest BCUT2D eigenvalue weighted by Crippen LogP contribution is -2.57. The van der Waals surface area contributed by atoms with Crippen molar-refractivity contribution in [3.05, 3.63) is 17.5 Å². The maximum absolute atomic E-state index is 12.3. The van der Waals surface area contributed by atoms with Crippen molar-refractivity contribution in [1.82, 2.24) is 14.9 Å². The lowest BCUT2D eigenvalue weighted by atomic mass is 10.2. The van der Waals surface area contributed by atoms with Gasteiger partial charge in [0.2, 0.25) is 5.91 Å². The molecule has 21 heavy (non-hydrogen) atoms. The van der Waals surface area contributed by atoms with Gasteiger partial charge in [0.1, 0.15) is 4.21 Å². The van der Waals surface area contributed by atoms with E-state index in [-0.39, 0.29) is 28.6 Å². The second-order valence-electron chi connectivity index (χ2n) is 4.86. The van der Waals surface area contributed by atoms with Crippen molar-refractivity contribution >= 4 is 39.7 Å². The maximum atomic E-state index is 12.3. The van der Waals surface area contributed by atoms with Crippen molar-refractivity contribution in [2.45, 2.75) is 30.1 Å². The quantitative estimate of drug-likeness (QED) is 0.833. The van der Waals surface area contributed by atoms with Crippen LogP contribution in [0, 0.1) is 0 Å². The van der Waals surface area contributed by atoms with Crippen LogP contribution in [0.1, 0.15) is 13.8 Å². The Morgan fingerprint density at radius 1 is 1.57 bits per heavy atom. The summed E-state index contributed by atoms with van der Waals surface area (Å²) in [6.45, 7) is 5.61. The number of carbonyl (C=O) groups is 1. The van der Waals surface area contributed by atoms with Gasteiger partial charge in [-0.05, 0) is 25.3 Å². The molecule has 1 unspecified atom stereocenters. The minimum absolute atomic E-state index is 0. The molecule has 0 aromatic carbocycles. The molecule has 9 heteroatoms. The number of sulfonamides is 1. The first-order valence-corrected chi connectivity index (χ1v) is 8.85. The SMILES string of the molecule is CC(NS(=O)(=O)c1cccs1)C(=O)N1CCNC[C@@H]1C.Cl. The van der Waals surface area contributed by atoms with Gasteiger partial charge in [-0.3, -0.25) is 4.79 Å². The van der Waals surface area contributed by atoms with E-state index in [9.17, 15) is 13.2 Å². The van der Waals surface area contributed by atoms with Crippen LogP contribution < -0.4 is 10.0 Å². The normalized spacial score (nSPS) is 20.7. The molecule has 0 aliphatic carbocycles. The molecule has 0 bridgehead atoms. The van der Waals surface area contributed by atoms with Crippen LogP contribution in [0.2, 0.25) is 0 Å². The van der Waals surface area contributed by atoms with Crippen LogP contribution >= 0.6 is 23.7 Å². The summed E-state index contributed by atoms with van der Waals surface area (Å²) in [5.41, 5.74) is 0. The lowest BCUT2D eigenvalue weighted by molar-refractivity contribution is -0.135. The molecule has 1 aromatic heterocycles. The molecule has 1 aliphatic rings. The van der Waals surface area contributed by atoms with Gasteiger partial charge in [0.15, 0.2) is 0 Å². The number of hydrogen-bond acceptors (Lipinski definition) is 5. The van der Waals surface area contributed by atoms with E-state index >= 15 is 0 Å². The third kappa shape index (κ3) is 4.40. The smallest absolute Gasteiger partial charge is 0.250 e. The average molecular weight is 354 g/mol. The number of carbonyl (C=O) groups excluding carboxylic acids is 1. The zero-order valence-corrected chi connectivity index (χ0v) is 14.4. The van der Waals surface area contributed by atoms with Gasteiger partial charge in [-0.1, -0.05) is 6.07 Å². The van der Waals surface area contributed by atoms with Crippen LogP contribution in [-0.2, 0) is 14.8 Å². The number of nitrogens with one attached hydrogen (secondary N) is 2. The minimum atomic E-state index is -3.61. The zero-order valence-electron chi connectivity index (χ0n) is 11.9. The summed E-state index contributed by atoms with van der Waals surface area (Å²) in [5.74, 6) is -0.181. The van der Waals surface area contributed by atoms with Gasteiger partial charge in [-0.25, -0.2) is 8.42 Å². The minimum Gasteiger partial charge on any atom is -0.336 e. The highest BCUT2D eigenvalue weighted by atomic mass is 35.5. The van der Waals surface area contributed by atoms with Crippen molar-refractivity contribution in [2.24, 2.45) is 0 Å². The molecule has 2 rings (SSSR count). The fourth-order valence-corrected chi connectivity index (χ4v) is 4.38. The molecule has 1 saturated heterocycles. The summed E-state index contributed by atoms with van der Waals surface area (Å²) in [6.07, 6.45) is 0. The van der Waals surface area contributed by atoms with E-state index in [0.717, 1.165) is 24.4 Å². The predicted molar refractivity (Wildman–Crippen MR) is 85.4 cm³/mol. The van der Waals surface area contributed by atoms with E-state index in [1.54, 1.807) is 23.3 Å². The van der Waals surface area contributed by atoms with E-state index in [2.05, 4.69) is 10.0 Å². The Labute approximate surface area is 135 Å². The highest BCUT2D eigenvalue weighted by molar-refractivity contribution is 7.91. The molecule has 2 heterocycles. The van der Waals surface area contributed by atoms with Crippen molar-refractivity contribution in [3.8, 4) is 0 Å². The first-order chi connectivity index (χ1) is 9.42. The van der Waals surface area contributed by atoms with E-state index in [1.807, 2.05) is 6.92 Å². The Morgan fingerprint density at radius 3 is 2.86 bits per heavy atom. The van der Waals surface area contributed by atoms with Crippen LogP contribution in [0.3, 0.4) is 0 Å². The van der Waals surface area contributed by atoms with Gasteiger partial charge in [-0.2, -0.15) is 4.72 Å².